The van der Waals surface area contributed by atoms with Crippen molar-refractivity contribution in [2.45, 2.75) is 26.8 Å². The molecule has 2 aromatic rings. The van der Waals surface area contributed by atoms with Crippen LogP contribution in [0.15, 0.2) is 24.3 Å². The van der Waals surface area contributed by atoms with E-state index in [4.69, 9.17) is 0 Å². The molecular weight excluding hydrogens is 273 g/mol. The molecule has 1 N–H and O–H groups in total. The highest BCUT2D eigenvalue weighted by Gasteiger charge is 2.09. The number of nitrogens with one attached hydrogen (secondary N) is 1. The predicted molar refractivity (Wildman–Crippen MR) is 75.7 cm³/mol. The van der Waals surface area contributed by atoms with Gasteiger partial charge in [0.1, 0.15) is 12.4 Å². The monoisotopic (exact) mass is 291 g/mol. The summed E-state index contributed by atoms with van der Waals surface area (Å²) < 4.78 is 13.1. The zero-order valence-electron chi connectivity index (χ0n) is 12.1. The third-order valence-electron chi connectivity index (χ3n) is 2.86. The molecule has 21 heavy (non-hydrogen) atoms. The quantitative estimate of drug-likeness (QED) is 0.878. The molecule has 1 aromatic carbocycles. The van der Waals surface area contributed by atoms with Crippen molar-refractivity contribution in [1.29, 1.82) is 0 Å². The highest BCUT2D eigenvalue weighted by atomic mass is 19.1. The Bertz CT molecular complexity index is 611. The van der Waals surface area contributed by atoms with Crippen LogP contribution in [0.25, 0.3) is 11.4 Å². The van der Waals surface area contributed by atoms with Crippen molar-refractivity contribution >= 4 is 5.91 Å². The third-order valence-corrected chi connectivity index (χ3v) is 2.86. The molecule has 1 amide bonds. The van der Waals surface area contributed by atoms with Crippen molar-refractivity contribution in [3.05, 3.63) is 30.1 Å². The number of tetrazole rings is 1. The summed E-state index contributed by atoms with van der Waals surface area (Å²) in [6.45, 7) is 4.81. The van der Waals surface area contributed by atoms with Crippen LogP contribution >= 0.6 is 0 Å². The third kappa shape index (κ3) is 4.62. The van der Waals surface area contributed by atoms with Crippen LogP contribution in [0.5, 0.6) is 0 Å². The maximum atomic E-state index is 13.1. The highest BCUT2D eigenvalue weighted by molar-refractivity contribution is 5.75. The lowest BCUT2D eigenvalue weighted by molar-refractivity contribution is -0.122. The van der Waals surface area contributed by atoms with E-state index in [-0.39, 0.29) is 18.3 Å². The predicted octanol–water partition coefficient (Wildman–Crippen LogP) is 1.64. The molecule has 0 bridgehead atoms. The van der Waals surface area contributed by atoms with E-state index in [0.29, 0.717) is 23.9 Å². The summed E-state index contributed by atoms with van der Waals surface area (Å²) in [6.07, 6.45) is 0.922. The molecule has 0 atom stereocenters. The fourth-order valence-electron chi connectivity index (χ4n) is 1.74. The Balaban J connectivity index is 1.93. The molecule has 0 fully saturated rings. The first-order valence-electron chi connectivity index (χ1n) is 6.85. The lowest BCUT2D eigenvalue weighted by atomic mass is 10.1. The van der Waals surface area contributed by atoms with E-state index in [1.54, 1.807) is 12.1 Å². The largest absolute Gasteiger partial charge is 0.354 e. The Kier molecular flexibility index (Phi) is 4.97. The molecular formula is C14H18FN5O. The molecule has 112 valence electrons. The molecule has 6 nitrogen and oxygen atoms in total. The van der Waals surface area contributed by atoms with Crippen molar-refractivity contribution in [3.63, 3.8) is 0 Å². The molecule has 0 radical (unpaired) electrons. The van der Waals surface area contributed by atoms with Gasteiger partial charge in [-0.15, -0.1) is 10.2 Å². The van der Waals surface area contributed by atoms with E-state index in [1.165, 1.54) is 16.9 Å². The molecule has 0 unspecified atom stereocenters. The summed E-state index contributed by atoms with van der Waals surface area (Å²) in [5, 5.41) is 14.5. The number of carbonyl (C=O) groups is 1. The summed E-state index contributed by atoms with van der Waals surface area (Å²) in [6, 6.07) is 5.93. The lowest BCUT2D eigenvalue weighted by Crippen LogP contribution is -2.29. The number of hydrogen-bond donors (Lipinski definition) is 1. The first-order valence-corrected chi connectivity index (χ1v) is 6.85. The van der Waals surface area contributed by atoms with Gasteiger partial charge in [0, 0.05) is 12.1 Å². The summed E-state index contributed by atoms with van der Waals surface area (Å²) in [5.74, 6) is 0.299. The van der Waals surface area contributed by atoms with E-state index in [9.17, 15) is 9.18 Å². The summed E-state index contributed by atoms with van der Waals surface area (Å²) in [4.78, 5) is 12.9. The van der Waals surface area contributed by atoms with Crippen molar-refractivity contribution in [3.8, 4) is 11.4 Å². The number of carbonyl (C=O) groups excluding carboxylic acids is 1. The van der Waals surface area contributed by atoms with Crippen LogP contribution in [0.3, 0.4) is 0 Å². The normalized spacial score (nSPS) is 10.9. The number of hydrogen-bond acceptors (Lipinski definition) is 4. The van der Waals surface area contributed by atoms with Gasteiger partial charge in [0.25, 0.3) is 0 Å². The van der Waals surface area contributed by atoms with Crippen molar-refractivity contribution in [1.82, 2.24) is 25.5 Å². The Morgan fingerprint density at radius 3 is 2.95 bits per heavy atom. The minimum atomic E-state index is -0.365. The van der Waals surface area contributed by atoms with E-state index < -0.39 is 0 Å². The van der Waals surface area contributed by atoms with Gasteiger partial charge in [-0.1, -0.05) is 26.0 Å². The SMILES string of the molecule is CC(C)CCNC(=O)Cn1nnc(-c2cccc(F)c2)n1. The van der Waals surface area contributed by atoms with Gasteiger partial charge in [0.15, 0.2) is 0 Å². The molecule has 0 aliphatic heterocycles. The van der Waals surface area contributed by atoms with Crippen molar-refractivity contribution < 1.29 is 9.18 Å². The molecule has 1 heterocycles. The van der Waals surface area contributed by atoms with E-state index in [2.05, 4.69) is 34.6 Å². The average Bonchev–Trinajstić information content (AvgIpc) is 2.86. The van der Waals surface area contributed by atoms with Crippen LogP contribution in [0, 0.1) is 11.7 Å². The van der Waals surface area contributed by atoms with Gasteiger partial charge in [0.05, 0.1) is 0 Å². The number of aromatic nitrogens is 4. The highest BCUT2D eigenvalue weighted by Crippen LogP contribution is 2.14. The Morgan fingerprint density at radius 1 is 1.43 bits per heavy atom. The van der Waals surface area contributed by atoms with Crippen LogP contribution in [-0.4, -0.2) is 32.7 Å². The van der Waals surface area contributed by atoms with Gasteiger partial charge in [-0.2, -0.15) is 4.80 Å². The second-order valence-electron chi connectivity index (χ2n) is 5.19. The van der Waals surface area contributed by atoms with Gasteiger partial charge in [-0.25, -0.2) is 4.39 Å². The van der Waals surface area contributed by atoms with E-state index >= 15 is 0 Å². The minimum Gasteiger partial charge on any atom is -0.354 e. The first kappa shape index (κ1) is 15.1. The number of nitrogens with zero attached hydrogens (tertiary/aromatic N) is 4. The Morgan fingerprint density at radius 2 is 2.24 bits per heavy atom. The zero-order valence-corrected chi connectivity index (χ0v) is 12.1. The lowest BCUT2D eigenvalue weighted by Gasteiger charge is -2.06. The number of rotatable bonds is 6. The van der Waals surface area contributed by atoms with Gasteiger partial charge in [-0.3, -0.25) is 4.79 Å². The standard InChI is InChI=1S/C14H18FN5O/c1-10(2)6-7-16-13(21)9-20-18-14(17-19-20)11-4-3-5-12(15)8-11/h3-5,8,10H,6-7,9H2,1-2H3,(H,16,21). The molecule has 1 aromatic heterocycles. The summed E-state index contributed by atoms with van der Waals surface area (Å²) in [7, 11) is 0. The maximum Gasteiger partial charge on any atom is 0.243 e. The topological polar surface area (TPSA) is 72.7 Å². The number of halogens is 1. The van der Waals surface area contributed by atoms with E-state index in [1.807, 2.05) is 0 Å². The molecule has 0 aliphatic carbocycles. The molecule has 0 saturated carbocycles. The van der Waals surface area contributed by atoms with Crippen LogP contribution in [0.1, 0.15) is 20.3 Å². The summed E-state index contributed by atoms with van der Waals surface area (Å²) >= 11 is 0. The van der Waals surface area contributed by atoms with Gasteiger partial charge in [0.2, 0.25) is 11.7 Å². The fourth-order valence-corrected chi connectivity index (χ4v) is 1.74. The van der Waals surface area contributed by atoms with E-state index in [0.717, 1.165) is 6.42 Å². The van der Waals surface area contributed by atoms with Crippen LogP contribution in [0.2, 0.25) is 0 Å². The van der Waals surface area contributed by atoms with Gasteiger partial charge >= 0.3 is 0 Å². The van der Waals surface area contributed by atoms with Crippen LogP contribution in [-0.2, 0) is 11.3 Å². The van der Waals surface area contributed by atoms with Gasteiger partial charge in [-0.05, 0) is 29.7 Å². The number of benzene rings is 1. The zero-order chi connectivity index (χ0) is 15.2. The number of amides is 1. The fraction of sp³-hybridized carbons (Fsp3) is 0.429. The van der Waals surface area contributed by atoms with Gasteiger partial charge < -0.3 is 5.32 Å². The second kappa shape index (κ2) is 6.92. The Labute approximate surface area is 122 Å². The van der Waals surface area contributed by atoms with Crippen LogP contribution < -0.4 is 5.32 Å². The molecule has 0 spiro atoms. The molecule has 2 rings (SSSR count). The minimum absolute atomic E-state index is 0.000408. The molecule has 7 heteroatoms. The smallest absolute Gasteiger partial charge is 0.243 e. The molecule has 0 aliphatic rings. The molecule has 0 saturated heterocycles. The van der Waals surface area contributed by atoms with Crippen molar-refractivity contribution in [2.24, 2.45) is 5.92 Å². The maximum absolute atomic E-state index is 13.1. The van der Waals surface area contributed by atoms with Crippen molar-refractivity contribution in [2.75, 3.05) is 6.54 Å². The second-order valence-corrected chi connectivity index (χ2v) is 5.19. The Hall–Kier alpha value is -2.31. The first-order chi connectivity index (χ1) is 10.0. The summed E-state index contributed by atoms with van der Waals surface area (Å²) in [5.41, 5.74) is 0.529. The average molecular weight is 291 g/mol. The van der Waals surface area contributed by atoms with Crippen LogP contribution in [0.4, 0.5) is 4.39 Å².